The molecule has 1 atom stereocenters. The molecule has 0 saturated carbocycles. The van der Waals surface area contributed by atoms with E-state index in [0.29, 0.717) is 18.8 Å². The van der Waals surface area contributed by atoms with Crippen LogP contribution in [0.1, 0.15) is 20.3 Å². The number of hydrogen-bond donors (Lipinski definition) is 0. The van der Waals surface area contributed by atoms with Crippen molar-refractivity contribution in [1.29, 1.82) is 0 Å². The van der Waals surface area contributed by atoms with Crippen molar-refractivity contribution in [2.45, 2.75) is 26.4 Å². The highest BCUT2D eigenvalue weighted by Crippen LogP contribution is 2.17. The first kappa shape index (κ1) is 14.1. The quantitative estimate of drug-likeness (QED) is 0.760. The van der Waals surface area contributed by atoms with Gasteiger partial charge in [-0.05, 0) is 37.6 Å². The number of hydrogen-bond acceptors (Lipinski definition) is 4. The molecule has 0 aliphatic rings. The summed E-state index contributed by atoms with van der Waals surface area (Å²) in [5, 5.41) is 0. The number of carbonyl (C=O) groups is 1. The third kappa shape index (κ3) is 3.38. The monoisotopic (exact) mass is 274 g/mol. The predicted molar refractivity (Wildman–Crippen MR) is 74.9 cm³/mol. The number of nitrogens with zero attached hydrogens (tertiary/aromatic N) is 2. The molecule has 2 rings (SSSR count). The molecule has 5 nitrogen and oxygen atoms in total. The summed E-state index contributed by atoms with van der Waals surface area (Å²) >= 11 is 0. The summed E-state index contributed by atoms with van der Waals surface area (Å²) in [5.41, 5.74) is 0.985. The first-order chi connectivity index (χ1) is 9.74. The molecular weight excluding hydrogens is 256 g/mol. The van der Waals surface area contributed by atoms with Gasteiger partial charge in [-0.1, -0.05) is 6.92 Å². The normalized spacial score (nSPS) is 11.9. The summed E-state index contributed by atoms with van der Waals surface area (Å²) in [6, 6.07) is 7.48. The molecule has 2 aromatic rings. The van der Waals surface area contributed by atoms with E-state index in [9.17, 15) is 4.79 Å². The van der Waals surface area contributed by atoms with Gasteiger partial charge < -0.3 is 14.0 Å². The van der Waals surface area contributed by atoms with Crippen molar-refractivity contribution in [1.82, 2.24) is 9.55 Å². The van der Waals surface area contributed by atoms with Crippen molar-refractivity contribution in [3.05, 3.63) is 43.0 Å². The van der Waals surface area contributed by atoms with Gasteiger partial charge in [-0.25, -0.2) is 9.78 Å². The third-order valence-electron chi connectivity index (χ3n) is 2.84. The van der Waals surface area contributed by atoms with Gasteiger partial charge in [0.05, 0.1) is 12.9 Å². The predicted octanol–water partition coefficient (Wildman–Crippen LogP) is 2.59. The Morgan fingerprint density at radius 3 is 2.60 bits per heavy atom. The van der Waals surface area contributed by atoms with Crippen LogP contribution in [0.25, 0.3) is 5.69 Å². The zero-order chi connectivity index (χ0) is 14.4. The molecule has 0 N–H and O–H groups in total. The van der Waals surface area contributed by atoms with Gasteiger partial charge in [-0.2, -0.15) is 0 Å². The van der Waals surface area contributed by atoms with E-state index in [-0.39, 0.29) is 5.97 Å². The third-order valence-corrected chi connectivity index (χ3v) is 2.84. The summed E-state index contributed by atoms with van der Waals surface area (Å²) in [6.45, 7) is 4.03. The van der Waals surface area contributed by atoms with Gasteiger partial charge in [-0.15, -0.1) is 0 Å². The van der Waals surface area contributed by atoms with Crippen molar-refractivity contribution in [3.8, 4) is 11.4 Å². The first-order valence-electron chi connectivity index (χ1n) is 6.66. The van der Waals surface area contributed by atoms with Crippen LogP contribution in [0.3, 0.4) is 0 Å². The molecule has 1 aromatic carbocycles. The van der Waals surface area contributed by atoms with Crippen molar-refractivity contribution < 1.29 is 14.3 Å². The lowest BCUT2D eigenvalue weighted by molar-refractivity contribution is -0.151. The average Bonchev–Trinajstić information content (AvgIpc) is 3.00. The Morgan fingerprint density at radius 2 is 2.05 bits per heavy atom. The van der Waals surface area contributed by atoms with E-state index in [2.05, 4.69) is 4.98 Å². The molecular formula is C15H18N2O3. The van der Waals surface area contributed by atoms with Gasteiger partial charge >= 0.3 is 5.97 Å². The van der Waals surface area contributed by atoms with E-state index in [1.807, 2.05) is 42.0 Å². The Balaban J connectivity index is 2.04. The minimum atomic E-state index is -0.561. The molecule has 0 bridgehead atoms. The molecule has 0 spiro atoms. The molecule has 20 heavy (non-hydrogen) atoms. The molecule has 1 aromatic heterocycles. The topological polar surface area (TPSA) is 53.4 Å². The SMILES string of the molecule is CCOC(=O)C(CC)Oc1ccc(-n2ccnc2)cc1. The largest absolute Gasteiger partial charge is 0.479 e. The van der Waals surface area contributed by atoms with Gasteiger partial charge in [0.2, 0.25) is 0 Å². The summed E-state index contributed by atoms with van der Waals surface area (Å²) < 4.78 is 12.5. The van der Waals surface area contributed by atoms with E-state index in [1.165, 1.54) is 0 Å². The molecule has 1 unspecified atom stereocenters. The van der Waals surface area contributed by atoms with Crippen LogP contribution in [0.2, 0.25) is 0 Å². The minimum Gasteiger partial charge on any atom is -0.479 e. The van der Waals surface area contributed by atoms with Crippen molar-refractivity contribution in [2.24, 2.45) is 0 Å². The highest BCUT2D eigenvalue weighted by molar-refractivity contribution is 5.75. The summed E-state index contributed by atoms with van der Waals surface area (Å²) in [7, 11) is 0. The van der Waals surface area contributed by atoms with Crippen LogP contribution in [-0.4, -0.2) is 28.2 Å². The van der Waals surface area contributed by atoms with Crippen LogP contribution >= 0.6 is 0 Å². The van der Waals surface area contributed by atoms with Crippen LogP contribution in [0.4, 0.5) is 0 Å². The molecule has 0 radical (unpaired) electrons. The van der Waals surface area contributed by atoms with E-state index >= 15 is 0 Å². The van der Waals surface area contributed by atoms with Crippen LogP contribution in [0, 0.1) is 0 Å². The van der Waals surface area contributed by atoms with Crippen LogP contribution in [-0.2, 0) is 9.53 Å². The molecule has 0 aliphatic carbocycles. The zero-order valence-electron chi connectivity index (χ0n) is 11.7. The standard InChI is InChI=1S/C15H18N2O3/c1-3-14(15(18)19-4-2)20-13-7-5-12(6-8-13)17-10-9-16-11-17/h5-11,14H,3-4H2,1-2H3. The maximum absolute atomic E-state index is 11.7. The average molecular weight is 274 g/mol. The van der Waals surface area contributed by atoms with Crippen LogP contribution < -0.4 is 4.74 Å². The maximum atomic E-state index is 11.7. The van der Waals surface area contributed by atoms with Gasteiger partial charge in [0.25, 0.3) is 0 Å². The zero-order valence-corrected chi connectivity index (χ0v) is 11.7. The second kappa shape index (κ2) is 6.75. The van der Waals surface area contributed by atoms with E-state index in [0.717, 1.165) is 5.69 Å². The number of carbonyl (C=O) groups excluding carboxylic acids is 1. The molecule has 1 heterocycles. The Bertz CT molecular complexity index is 535. The number of ether oxygens (including phenoxy) is 2. The summed E-state index contributed by atoms with van der Waals surface area (Å²) in [5.74, 6) is 0.322. The molecule has 0 saturated heterocycles. The number of imidazole rings is 1. The molecule has 0 fully saturated rings. The Hall–Kier alpha value is -2.30. The number of rotatable bonds is 6. The number of benzene rings is 1. The smallest absolute Gasteiger partial charge is 0.347 e. The van der Waals surface area contributed by atoms with E-state index in [4.69, 9.17) is 9.47 Å². The molecule has 5 heteroatoms. The highest BCUT2D eigenvalue weighted by atomic mass is 16.6. The van der Waals surface area contributed by atoms with E-state index < -0.39 is 6.10 Å². The summed E-state index contributed by atoms with van der Waals surface area (Å²) in [4.78, 5) is 15.7. The Labute approximate surface area is 118 Å². The first-order valence-corrected chi connectivity index (χ1v) is 6.66. The summed E-state index contributed by atoms with van der Waals surface area (Å²) in [6.07, 6.45) is 5.32. The van der Waals surface area contributed by atoms with Crippen LogP contribution in [0.5, 0.6) is 5.75 Å². The van der Waals surface area contributed by atoms with Gasteiger partial charge in [0, 0.05) is 18.1 Å². The highest BCUT2D eigenvalue weighted by Gasteiger charge is 2.19. The second-order valence-corrected chi connectivity index (χ2v) is 4.23. The van der Waals surface area contributed by atoms with Crippen molar-refractivity contribution in [2.75, 3.05) is 6.61 Å². The lowest BCUT2D eigenvalue weighted by atomic mass is 10.2. The maximum Gasteiger partial charge on any atom is 0.347 e. The number of aromatic nitrogens is 2. The minimum absolute atomic E-state index is 0.325. The second-order valence-electron chi connectivity index (χ2n) is 4.23. The molecule has 106 valence electrons. The fourth-order valence-corrected chi connectivity index (χ4v) is 1.81. The molecule has 0 amide bonds. The lowest BCUT2D eigenvalue weighted by Gasteiger charge is -2.16. The van der Waals surface area contributed by atoms with Gasteiger partial charge in [0.15, 0.2) is 6.10 Å². The van der Waals surface area contributed by atoms with Crippen molar-refractivity contribution >= 4 is 5.97 Å². The van der Waals surface area contributed by atoms with Gasteiger partial charge in [-0.3, -0.25) is 0 Å². The van der Waals surface area contributed by atoms with E-state index in [1.54, 1.807) is 19.4 Å². The fraction of sp³-hybridized carbons (Fsp3) is 0.333. The molecule has 0 aliphatic heterocycles. The van der Waals surface area contributed by atoms with Crippen molar-refractivity contribution in [3.63, 3.8) is 0 Å². The Morgan fingerprint density at radius 1 is 1.30 bits per heavy atom. The Kier molecular flexibility index (Phi) is 4.76. The number of esters is 1. The fourth-order valence-electron chi connectivity index (χ4n) is 1.81. The van der Waals surface area contributed by atoms with Crippen LogP contribution in [0.15, 0.2) is 43.0 Å². The lowest BCUT2D eigenvalue weighted by Crippen LogP contribution is -2.28. The van der Waals surface area contributed by atoms with Gasteiger partial charge in [0.1, 0.15) is 5.75 Å².